The summed E-state index contributed by atoms with van der Waals surface area (Å²) in [5.41, 5.74) is 16.1. The summed E-state index contributed by atoms with van der Waals surface area (Å²) >= 11 is 0. The van der Waals surface area contributed by atoms with Crippen molar-refractivity contribution in [3.63, 3.8) is 0 Å². The van der Waals surface area contributed by atoms with Crippen molar-refractivity contribution >= 4 is 86.8 Å². The van der Waals surface area contributed by atoms with Crippen molar-refractivity contribution in [2.75, 3.05) is 0 Å². The number of para-hydroxylation sites is 2. The molecule has 0 bridgehead atoms. The largest absolute Gasteiger partial charge is 0.309 e. The topological polar surface area (TPSA) is 35.6 Å². The highest BCUT2D eigenvalue weighted by Gasteiger charge is 2.24. The first-order chi connectivity index (χ1) is 32.7. The zero-order chi connectivity index (χ0) is 43.0. The summed E-state index contributed by atoms with van der Waals surface area (Å²) < 4.78 is 4.69. The smallest absolute Gasteiger partial charge is 0.235 e. The Hall–Kier alpha value is -8.86. The highest BCUT2D eigenvalue weighted by atomic mass is 15.2. The highest BCUT2D eigenvalue weighted by Crippen LogP contribution is 2.50. The molecule has 0 fully saturated rings. The van der Waals surface area contributed by atoms with E-state index in [0.717, 1.165) is 44.4 Å². The maximum atomic E-state index is 5.61. The lowest BCUT2D eigenvalue weighted by Gasteiger charge is -2.13. The molecule has 1 aliphatic rings. The van der Waals surface area contributed by atoms with Crippen LogP contribution in [0.1, 0.15) is 0 Å². The van der Waals surface area contributed by atoms with E-state index in [4.69, 9.17) is 9.97 Å². The first-order valence-corrected chi connectivity index (χ1v) is 22.6. The third-order valence-electron chi connectivity index (χ3n) is 14.2. The number of rotatable bonds is 4. The third-order valence-corrected chi connectivity index (χ3v) is 14.2. The molecule has 3 heterocycles. The minimum absolute atomic E-state index is 0.643. The monoisotopic (exact) mass is 836 g/mol. The molecule has 1 aliphatic carbocycles. The van der Waals surface area contributed by atoms with Gasteiger partial charge >= 0.3 is 0 Å². The van der Waals surface area contributed by atoms with Gasteiger partial charge in [-0.15, -0.1) is 0 Å². The zero-order valence-electron chi connectivity index (χ0n) is 35.6. The SMILES string of the molecule is c1ccc(-n2c3cc(-c4nc(-n5c6ccc(-c7ccc8c9c(cccc79)-c7ccccc7-8)cc6c6cc7ccccc7cc65)nc5ccccc45)ccc3c3cc4ccccc4cc32)cc1. The van der Waals surface area contributed by atoms with E-state index in [9.17, 15) is 0 Å². The Morgan fingerprint density at radius 1 is 0.288 bits per heavy atom. The molecule has 4 heteroatoms. The summed E-state index contributed by atoms with van der Waals surface area (Å²) in [6, 6.07) is 79.7. The van der Waals surface area contributed by atoms with Gasteiger partial charge in [0.05, 0.1) is 33.3 Å². The van der Waals surface area contributed by atoms with Gasteiger partial charge in [-0.25, -0.2) is 9.97 Å². The lowest BCUT2D eigenvalue weighted by Crippen LogP contribution is -2.03. The Balaban J connectivity index is 0.974. The fraction of sp³-hybridized carbons (Fsp3) is 0. The average molecular weight is 837 g/mol. The van der Waals surface area contributed by atoms with Crippen molar-refractivity contribution in [2.45, 2.75) is 0 Å². The van der Waals surface area contributed by atoms with E-state index in [2.05, 4.69) is 228 Å². The fourth-order valence-electron chi connectivity index (χ4n) is 11.2. The van der Waals surface area contributed by atoms with Crippen LogP contribution in [0.2, 0.25) is 0 Å². The summed E-state index contributed by atoms with van der Waals surface area (Å²) in [4.78, 5) is 11.0. The van der Waals surface area contributed by atoms with Crippen molar-refractivity contribution in [1.29, 1.82) is 0 Å². The van der Waals surface area contributed by atoms with E-state index >= 15 is 0 Å². The van der Waals surface area contributed by atoms with Crippen LogP contribution in [-0.4, -0.2) is 19.1 Å². The Kier molecular flexibility index (Phi) is 7.19. The number of hydrogen-bond acceptors (Lipinski definition) is 2. The van der Waals surface area contributed by atoms with Crippen molar-refractivity contribution in [3.05, 3.63) is 218 Å². The van der Waals surface area contributed by atoms with Gasteiger partial charge in [0, 0.05) is 38.2 Å². The fourth-order valence-corrected chi connectivity index (χ4v) is 11.2. The lowest BCUT2D eigenvalue weighted by atomic mass is 9.93. The molecule has 0 unspecified atom stereocenters. The van der Waals surface area contributed by atoms with E-state index in [1.165, 1.54) is 92.8 Å². The van der Waals surface area contributed by atoms with Crippen LogP contribution in [0.5, 0.6) is 0 Å². The quantitative estimate of drug-likeness (QED) is 0.177. The molecule has 66 heavy (non-hydrogen) atoms. The summed E-state index contributed by atoms with van der Waals surface area (Å²) in [5, 5.41) is 13.2. The molecule has 0 atom stereocenters. The molecule has 0 amide bonds. The third kappa shape index (κ3) is 4.98. The van der Waals surface area contributed by atoms with Gasteiger partial charge in [0.15, 0.2) is 0 Å². The van der Waals surface area contributed by atoms with Gasteiger partial charge in [-0.3, -0.25) is 4.57 Å². The molecule has 0 radical (unpaired) electrons. The lowest BCUT2D eigenvalue weighted by molar-refractivity contribution is 1.01. The minimum Gasteiger partial charge on any atom is -0.309 e. The highest BCUT2D eigenvalue weighted by molar-refractivity contribution is 6.20. The maximum Gasteiger partial charge on any atom is 0.235 e. The standard InChI is InChI=1S/C62H36N4/c1-2-17-43(18-3-1)65-57-36-42(25-27-47(57)52-31-37-13-4-6-15-39(37)34-58(52)65)61-51-21-10-11-24-55(51)63-62(64-61)66-56-30-26-41(33-53(56)54-32-38-14-5-7-16-40(38)35-59(54)66)44-28-29-50-46-20-9-8-19-45(46)49-23-12-22-48(44)60(49)50/h1-36H. The molecule has 0 aliphatic heterocycles. The summed E-state index contributed by atoms with van der Waals surface area (Å²) in [6.07, 6.45) is 0. The molecular weight excluding hydrogens is 801 g/mol. The van der Waals surface area contributed by atoms with Crippen molar-refractivity contribution < 1.29 is 0 Å². The Morgan fingerprint density at radius 3 is 1.62 bits per heavy atom. The van der Waals surface area contributed by atoms with Gasteiger partial charge in [-0.2, -0.15) is 0 Å². The molecule has 0 saturated heterocycles. The minimum atomic E-state index is 0.643. The van der Waals surface area contributed by atoms with Gasteiger partial charge in [0.2, 0.25) is 5.95 Å². The summed E-state index contributed by atoms with van der Waals surface area (Å²) in [5.74, 6) is 0.643. The van der Waals surface area contributed by atoms with Gasteiger partial charge in [-0.05, 0) is 126 Å². The molecule has 14 aromatic rings. The van der Waals surface area contributed by atoms with Gasteiger partial charge in [-0.1, -0.05) is 158 Å². The van der Waals surface area contributed by atoms with Crippen LogP contribution in [-0.2, 0) is 0 Å². The van der Waals surface area contributed by atoms with Crippen LogP contribution >= 0.6 is 0 Å². The first kappa shape index (κ1) is 35.6. The maximum absolute atomic E-state index is 5.61. The van der Waals surface area contributed by atoms with Crippen molar-refractivity contribution in [1.82, 2.24) is 19.1 Å². The van der Waals surface area contributed by atoms with Gasteiger partial charge < -0.3 is 4.57 Å². The predicted octanol–water partition coefficient (Wildman–Crippen LogP) is 16.3. The molecule has 4 nitrogen and oxygen atoms in total. The van der Waals surface area contributed by atoms with E-state index in [1.54, 1.807) is 0 Å². The molecule has 3 aromatic heterocycles. The molecule has 0 N–H and O–H groups in total. The molecule has 0 saturated carbocycles. The Bertz CT molecular complexity index is 4370. The number of hydrogen-bond donors (Lipinski definition) is 0. The normalized spacial score (nSPS) is 12.2. The molecule has 15 rings (SSSR count). The van der Waals surface area contributed by atoms with Crippen LogP contribution in [0.15, 0.2) is 218 Å². The second-order valence-corrected chi connectivity index (χ2v) is 17.7. The van der Waals surface area contributed by atoms with Crippen molar-refractivity contribution in [2.24, 2.45) is 0 Å². The number of benzene rings is 11. The molecular formula is C62H36N4. The molecule has 304 valence electrons. The van der Waals surface area contributed by atoms with Crippen molar-refractivity contribution in [3.8, 4) is 56.3 Å². The summed E-state index contributed by atoms with van der Waals surface area (Å²) in [6.45, 7) is 0. The van der Waals surface area contributed by atoms with E-state index in [0.29, 0.717) is 5.95 Å². The van der Waals surface area contributed by atoms with E-state index < -0.39 is 0 Å². The van der Waals surface area contributed by atoms with E-state index in [1.807, 2.05) is 0 Å². The Morgan fingerprint density at radius 2 is 0.848 bits per heavy atom. The zero-order valence-corrected chi connectivity index (χ0v) is 35.6. The predicted molar refractivity (Wildman–Crippen MR) is 276 cm³/mol. The number of fused-ring (bicyclic) bond motifs is 12. The van der Waals surface area contributed by atoms with Crippen LogP contribution < -0.4 is 0 Å². The second kappa shape index (κ2) is 13.3. The van der Waals surface area contributed by atoms with Crippen LogP contribution in [0.3, 0.4) is 0 Å². The number of aromatic nitrogens is 4. The van der Waals surface area contributed by atoms with Crippen LogP contribution in [0, 0.1) is 0 Å². The van der Waals surface area contributed by atoms with Gasteiger partial charge in [0.1, 0.15) is 0 Å². The second-order valence-electron chi connectivity index (χ2n) is 17.7. The molecule has 0 spiro atoms. The van der Waals surface area contributed by atoms with E-state index in [-0.39, 0.29) is 0 Å². The number of nitrogens with zero attached hydrogens (tertiary/aromatic N) is 4. The average Bonchev–Trinajstić information content (AvgIpc) is 4.00. The summed E-state index contributed by atoms with van der Waals surface area (Å²) in [7, 11) is 0. The van der Waals surface area contributed by atoms with Crippen LogP contribution in [0.4, 0.5) is 0 Å². The van der Waals surface area contributed by atoms with Crippen LogP contribution in [0.25, 0.3) is 143 Å². The van der Waals surface area contributed by atoms with Gasteiger partial charge in [0.25, 0.3) is 0 Å². The molecule has 11 aromatic carbocycles. The Labute approximate surface area is 378 Å². The first-order valence-electron chi connectivity index (χ1n) is 22.6.